The van der Waals surface area contributed by atoms with Crippen molar-refractivity contribution < 1.29 is 9.84 Å². The Labute approximate surface area is 102 Å². The van der Waals surface area contributed by atoms with E-state index in [-0.39, 0.29) is 6.10 Å². The highest BCUT2D eigenvalue weighted by Crippen LogP contribution is 2.31. The summed E-state index contributed by atoms with van der Waals surface area (Å²) < 4.78 is 5.68. The van der Waals surface area contributed by atoms with E-state index in [1.807, 2.05) is 6.07 Å². The van der Waals surface area contributed by atoms with Gasteiger partial charge in [0.2, 0.25) is 0 Å². The van der Waals surface area contributed by atoms with Gasteiger partial charge in [-0.2, -0.15) is 0 Å². The number of rotatable bonds is 2. The maximum Gasteiger partial charge on any atom is 0.123 e. The van der Waals surface area contributed by atoms with Gasteiger partial charge in [-0.15, -0.1) is 0 Å². The summed E-state index contributed by atoms with van der Waals surface area (Å²) in [7, 11) is 0. The van der Waals surface area contributed by atoms with Gasteiger partial charge >= 0.3 is 0 Å². The van der Waals surface area contributed by atoms with E-state index in [4.69, 9.17) is 4.74 Å². The molecule has 1 aromatic carbocycles. The van der Waals surface area contributed by atoms with Crippen LogP contribution in [0.4, 0.5) is 0 Å². The lowest BCUT2D eigenvalue weighted by molar-refractivity contribution is 0.0619. The Bertz CT molecular complexity index is 424. The van der Waals surface area contributed by atoms with E-state index in [1.165, 1.54) is 11.1 Å². The van der Waals surface area contributed by atoms with Crippen molar-refractivity contribution in [3.05, 3.63) is 29.3 Å². The molecule has 2 unspecified atom stereocenters. The molecule has 0 bridgehead atoms. The fourth-order valence-electron chi connectivity index (χ4n) is 2.85. The Morgan fingerprint density at radius 2 is 2.41 bits per heavy atom. The van der Waals surface area contributed by atoms with Gasteiger partial charge < -0.3 is 15.2 Å². The van der Waals surface area contributed by atoms with Crippen molar-refractivity contribution in [2.75, 3.05) is 13.1 Å². The zero-order chi connectivity index (χ0) is 11.9. The van der Waals surface area contributed by atoms with Crippen LogP contribution in [0.3, 0.4) is 0 Å². The molecule has 2 atom stereocenters. The Kier molecular flexibility index (Phi) is 2.60. The molecule has 2 heterocycles. The van der Waals surface area contributed by atoms with E-state index >= 15 is 0 Å². The molecular formula is C14H19NO2. The van der Waals surface area contributed by atoms with Crippen LogP contribution >= 0.6 is 0 Å². The van der Waals surface area contributed by atoms with E-state index in [9.17, 15) is 5.11 Å². The molecule has 17 heavy (non-hydrogen) atoms. The smallest absolute Gasteiger partial charge is 0.123 e. The van der Waals surface area contributed by atoms with Crippen molar-refractivity contribution in [2.24, 2.45) is 0 Å². The molecule has 3 heteroatoms. The SMILES string of the molecule is CC1Cc2cc(CC3(O)CCNC3)ccc2O1. The number of β-amino-alcohol motifs (C(OH)–C–C–N with tert-alkyl or cyclic N) is 1. The van der Waals surface area contributed by atoms with Gasteiger partial charge in [0.1, 0.15) is 11.9 Å². The van der Waals surface area contributed by atoms with Gasteiger partial charge in [0.15, 0.2) is 0 Å². The predicted octanol–water partition coefficient (Wildman–Crippen LogP) is 1.28. The third-order valence-corrected chi connectivity index (χ3v) is 3.71. The Morgan fingerprint density at radius 3 is 3.18 bits per heavy atom. The molecule has 0 aliphatic carbocycles. The van der Waals surface area contributed by atoms with Crippen molar-refractivity contribution >= 4 is 0 Å². The van der Waals surface area contributed by atoms with E-state index < -0.39 is 5.60 Å². The Morgan fingerprint density at radius 1 is 1.53 bits per heavy atom. The van der Waals surface area contributed by atoms with E-state index in [2.05, 4.69) is 24.4 Å². The van der Waals surface area contributed by atoms with Crippen molar-refractivity contribution in [3.8, 4) is 5.75 Å². The van der Waals surface area contributed by atoms with Crippen LogP contribution in [0.1, 0.15) is 24.5 Å². The molecule has 3 rings (SSSR count). The van der Waals surface area contributed by atoms with Crippen LogP contribution in [-0.2, 0) is 12.8 Å². The molecule has 2 aliphatic heterocycles. The summed E-state index contributed by atoms with van der Waals surface area (Å²) in [4.78, 5) is 0. The molecule has 92 valence electrons. The minimum Gasteiger partial charge on any atom is -0.490 e. The fraction of sp³-hybridized carbons (Fsp3) is 0.571. The summed E-state index contributed by atoms with van der Waals surface area (Å²) in [6.45, 7) is 3.71. The second-order valence-electron chi connectivity index (χ2n) is 5.40. The van der Waals surface area contributed by atoms with Crippen molar-refractivity contribution in [3.63, 3.8) is 0 Å². The molecule has 0 spiro atoms. The molecule has 1 aromatic rings. The van der Waals surface area contributed by atoms with Crippen LogP contribution in [0.15, 0.2) is 18.2 Å². The number of hydrogen-bond acceptors (Lipinski definition) is 3. The van der Waals surface area contributed by atoms with E-state index in [1.54, 1.807) is 0 Å². The van der Waals surface area contributed by atoms with Crippen LogP contribution in [0.2, 0.25) is 0 Å². The lowest BCUT2D eigenvalue weighted by atomic mass is 9.92. The molecule has 0 amide bonds. The summed E-state index contributed by atoms with van der Waals surface area (Å²) in [6, 6.07) is 6.31. The summed E-state index contributed by atoms with van der Waals surface area (Å²) in [5, 5.41) is 13.6. The monoisotopic (exact) mass is 233 g/mol. The van der Waals surface area contributed by atoms with Crippen LogP contribution < -0.4 is 10.1 Å². The van der Waals surface area contributed by atoms with Gasteiger partial charge in [0.05, 0.1) is 5.60 Å². The second kappa shape index (κ2) is 4.00. The first-order chi connectivity index (χ1) is 8.15. The lowest BCUT2D eigenvalue weighted by Crippen LogP contribution is -2.33. The molecule has 1 saturated heterocycles. The lowest BCUT2D eigenvalue weighted by Gasteiger charge is -2.21. The predicted molar refractivity (Wildman–Crippen MR) is 66.4 cm³/mol. The van der Waals surface area contributed by atoms with Crippen LogP contribution in [0.5, 0.6) is 5.75 Å². The van der Waals surface area contributed by atoms with Crippen LogP contribution in [-0.4, -0.2) is 29.9 Å². The van der Waals surface area contributed by atoms with E-state index in [0.717, 1.165) is 31.6 Å². The number of fused-ring (bicyclic) bond motifs is 1. The van der Waals surface area contributed by atoms with Gasteiger partial charge in [-0.05, 0) is 37.1 Å². The van der Waals surface area contributed by atoms with E-state index in [0.29, 0.717) is 6.54 Å². The van der Waals surface area contributed by atoms with Gasteiger partial charge in [-0.1, -0.05) is 12.1 Å². The van der Waals surface area contributed by atoms with Crippen molar-refractivity contribution in [1.82, 2.24) is 5.32 Å². The second-order valence-corrected chi connectivity index (χ2v) is 5.40. The number of nitrogens with one attached hydrogen (secondary N) is 1. The minimum atomic E-state index is -0.556. The van der Waals surface area contributed by atoms with Gasteiger partial charge in [-0.3, -0.25) is 0 Å². The normalized spacial score (nSPS) is 31.3. The van der Waals surface area contributed by atoms with Gasteiger partial charge in [0, 0.05) is 19.4 Å². The molecule has 0 saturated carbocycles. The van der Waals surface area contributed by atoms with Crippen LogP contribution in [0.25, 0.3) is 0 Å². The van der Waals surface area contributed by atoms with Gasteiger partial charge in [0.25, 0.3) is 0 Å². The molecule has 0 radical (unpaired) electrons. The quantitative estimate of drug-likeness (QED) is 0.808. The Balaban J connectivity index is 1.79. The highest BCUT2D eigenvalue weighted by Gasteiger charge is 2.31. The number of aliphatic hydroxyl groups is 1. The first-order valence-electron chi connectivity index (χ1n) is 6.36. The molecule has 3 nitrogen and oxygen atoms in total. The summed E-state index contributed by atoms with van der Waals surface area (Å²) in [6.07, 6.45) is 2.86. The summed E-state index contributed by atoms with van der Waals surface area (Å²) in [5.41, 5.74) is 1.94. The van der Waals surface area contributed by atoms with Crippen molar-refractivity contribution in [1.29, 1.82) is 0 Å². The zero-order valence-electron chi connectivity index (χ0n) is 10.2. The third-order valence-electron chi connectivity index (χ3n) is 3.71. The summed E-state index contributed by atoms with van der Waals surface area (Å²) in [5.74, 6) is 1.01. The first-order valence-corrected chi connectivity index (χ1v) is 6.36. The molecule has 1 fully saturated rings. The molecular weight excluding hydrogens is 214 g/mol. The maximum atomic E-state index is 10.4. The number of ether oxygens (including phenoxy) is 1. The molecule has 0 aromatic heterocycles. The fourth-order valence-corrected chi connectivity index (χ4v) is 2.85. The van der Waals surface area contributed by atoms with Gasteiger partial charge in [-0.25, -0.2) is 0 Å². The highest BCUT2D eigenvalue weighted by molar-refractivity contribution is 5.41. The average Bonchev–Trinajstić information content (AvgIpc) is 2.83. The molecule has 2 aliphatic rings. The van der Waals surface area contributed by atoms with Crippen molar-refractivity contribution in [2.45, 2.75) is 37.9 Å². The standard InChI is InChI=1S/C14H19NO2/c1-10-6-12-7-11(2-3-13(12)17-10)8-14(16)4-5-15-9-14/h2-3,7,10,15-16H,4-6,8-9H2,1H3. The largest absolute Gasteiger partial charge is 0.490 e. The molecule has 2 N–H and O–H groups in total. The Hall–Kier alpha value is -1.06. The first kappa shape index (κ1) is 11.1. The maximum absolute atomic E-state index is 10.4. The highest BCUT2D eigenvalue weighted by atomic mass is 16.5. The number of benzene rings is 1. The zero-order valence-corrected chi connectivity index (χ0v) is 10.2. The average molecular weight is 233 g/mol. The summed E-state index contributed by atoms with van der Waals surface area (Å²) >= 11 is 0. The number of hydrogen-bond donors (Lipinski definition) is 2. The minimum absolute atomic E-state index is 0.288. The third kappa shape index (κ3) is 2.17. The topological polar surface area (TPSA) is 41.5 Å². The van der Waals surface area contributed by atoms with Crippen LogP contribution in [0, 0.1) is 0 Å².